The van der Waals surface area contributed by atoms with Crippen LogP contribution in [-0.4, -0.2) is 21.2 Å². The lowest BCUT2D eigenvalue weighted by atomic mass is 10.1. The molecule has 5 nitrogen and oxygen atoms in total. The average Bonchev–Trinajstić information content (AvgIpc) is 2.97. The van der Waals surface area contributed by atoms with Crippen molar-refractivity contribution in [2.75, 3.05) is 5.75 Å². The smallest absolute Gasteiger partial charge is 0.257 e. The number of halogens is 1. The van der Waals surface area contributed by atoms with Crippen LogP contribution in [0.15, 0.2) is 34.2 Å². The predicted octanol–water partition coefficient (Wildman–Crippen LogP) is 2.61. The van der Waals surface area contributed by atoms with Crippen LogP contribution in [0.3, 0.4) is 0 Å². The number of benzene rings is 1. The van der Waals surface area contributed by atoms with Crippen molar-refractivity contribution < 1.29 is 9.18 Å². The second-order valence-corrected chi connectivity index (χ2v) is 7.05. The molecular weight excluding hydrogens is 341 g/mol. The van der Waals surface area contributed by atoms with Gasteiger partial charge in [-0.1, -0.05) is 30.8 Å². The number of aryl methyl sites for hydroxylation is 1. The highest BCUT2D eigenvalue weighted by atomic mass is 32.2. The van der Waals surface area contributed by atoms with E-state index in [1.165, 1.54) is 23.9 Å². The number of nitrogens with one attached hydrogen (secondary N) is 1. The quantitative estimate of drug-likeness (QED) is 0.832. The largest absolute Gasteiger partial charge is 0.352 e. The van der Waals surface area contributed by atoms with Gasteiger partial charge in [0, 0.05) is 30.0 Å². The fourth-order valence-electron chi connectivity index (χ4n) is 2.97. The molecule has 3 rings (SSSR count). The van der Waals surface area contributed by atoms with Crippen LogP contribution in [0.2, 0.25) is 0 Å². The molecule has 132 valence electrons. The minimum atomic E-state index is -0.302. The number of fused-ring (bicyclic) bond motifs is 1. The van der Waals surface area contributed by atoms with Gasteiger partial charge in [0.1, 0.15) is 5.82 Å². The number of thioether (sulfide) groups is 1. The third-order valence-electron chi connectivity index (χ3n) is 4.33. The number of amides is 1. The van der Waals surface area contributed by atoms with E-state index < -0.39 is 0 Å². The Kier molecular flexibility index (Phi) is 5.22. The fraction of sp³-hybridized carbons (Fsp3) is 0.389. The molecule has 1 unspecified atom stereocenters. The summed E-state index contributed by atoms with van der Waals surface area (Å²) in [6.07, 6.45) is 0.862. The molecule has 1 N–H and O–H groups in total. The van der Waals surface area contributed by atoms with Gasteiger partial charge in [-0.2, -0.15) is 0 Å². The van der Waals surface area contributed by atoms with Crippen LogP contribution in [0, 0.1) is 12.7 Å². The molecule has 1 amide bonds. The van der Waals surface area contributed by atoms with Crippen molar-refractivity contribution in [3.05, 3.63) is 57.3 Å². The van der Waals surface area contributed by atoms with Crippen molar-refractivity contribution in [1.29, 1.82) is 0 Å². The van der Waals surface area contributed by atoms with Crippen molar-refractivity contribution in [2.24, 2.45) is 0 Å². The van der Waals surface area contributed by atoms with Gasteiger partial charge < -0.3 is 5.32 Å². The molecule has 0 aliphatic carbocycles. The average molecular weight is 361 g/mol. The first-order chi connectivity index (χ1) is 12.0. The fourth-order valence-corrected chi connectivity index (χ4v) is 4.15. The molecule has 0 saturated heterocycles. The molecule has 2 aromatic rings. The van der Waals surface area contributed by atoms with Crippen molar-refractivity contribution >= 4 is 17.7 Å². The van der Waals surface area contributed by atoms with E-state index in [-0.39, 0.29) is 29.7 Å². The normalized spacial score (nSPS) is 15.9. The van der Waals surface area contributed by atoms with Crippen LogP contribution in [0.4, 0.5) is 4.39 Å². The van der Waals surface area contributed by atoms with E-state index in [1.807, 2.05) is 13.8 Å². The number of rotatable bonds is 5. The topological polar surface area (TPSA) is 64.0 Å². The summed E-state index contributed by atoms with van der Waals surface area (Å²) in [6, 6.07) is 5.83. The lowest BCUT2D eigenvalue weighted by molar-refractivity contribution is -0.121. The van der Waals surface area contributed by atoms with Gasteiger partial charge in [-0.3, -0.25) is 14.2 Å². The summed E-state index contributed by atoms with van der Waals surface area (Å²) in [4.78, 5) is 29.4. The predicted molar refractivity (Wildman–Crippen MR) is 95.2 cm³/mol. The molecule has 2 heterocycles. The van der Waals surface area contributed by atoms with E-state index in [4.69, 9.17) is 0 Å². The van der Waals surface area contributed by atoms with E-state index in [0.717, 1.165) is 11.3 Å². The van der Waals surface area contributed by atoms with Crippen molar-refractivity contribution in [3.8, 4) is 0 Å². The minimum absolute atomic E-state index is 0.0358. The number of aromatic nitrogens is 2. The van der Waals surface area contributed by atoms with E-state index in [2.05, 4.69) is 10.3 Å². The lowest BCUT2D eigenvalue weighted by Gasteiger charge is -2.15. The van der Waals surface area contributed by atoms with Gasteiger partial charge >= 0.3 is 0 Å². The van der Waals surface area contributed by atoms with E-state index in [1.54, 1.807) is 16.7 Å². The maximum atomic E-state index is 12.9. The Morgan fingerprint density at radius 1 is 1.40 bits per heavy atom. The summed E-state index contributed by atoms with van der Waals surface area (Å²) in [5.41, 5.74) is 2.28. The Morgan fingerprint density at radius 3 is 2.80 bits per heavy atom. The van der Waals surface area contributed by atoms with Crippen molar-refractivity contribution in [3.63, 3.8) is 0 Å². The first kappa shape index (κ1) is 17.7. The van der Waals surface area contributed by atoms with Gasteiger partial charge in [-0.05, 0) is 31.0 Å². The van der Waals surface area contributed by atoms with Gasteiger partial charge in [-0.25, -0.2) is 9.37 Å². The van der Waals surface area contributed by atoms with Gasteiger partial charge in [0.25, 0.3) is 5.56 Å². The van der Waals surface area contributed by atoms with Crippen LogP contribution < -0.4 is 10.9 Å². The third kappa shape index (κ3) is 3.76. The number of hydrogen-bond donors (Lipinski definition) is 1. The van der Waals surface area contributed by atoms with Crippen LogP contribution >= 0.6 is 11.8 Å². The number of nitrogens with zero attached hydrogens (tertiary/aromatic N) is 2. The molecule has 25 heavy (non-hydrogen) atoms. The lowest BCUT2D eigenvalue weighted by Crippen LogP contribution is -2.32. The van der Waals surface area contributed by atoms with Crippen LogP contribution in [0.5, 0.6) is 0 Å². The van der Waals surface area contributed by atoms with Crippen LogP contribution in [-0.2, 0) is 17.8 Å². The van der Waals surface area contributed by atoms with Gasteiger partial charge in [0.05, 0.1) is 6.04 Å². The molecule has 1 atom stereocenters. The Hall–Kier alpha value is -2.15. The molecule has 0 bridgehead atoms. The van der Waals surface area contributed by atoms with Gasteiger partial charge in [-0.15, -0.1) is 0 Å². The van der Waals surface area contributed by atoms with Gasteiger partial charge in [0.2, 0.25) is 5.91 Å². The zero-order valence-electron chi connectivity index (χ0n) is 14.2. The molecule has 1 aliphatic rings. The zero-order valence-corrected chi connectivity index (χ0v) is 15.0. The maximum absolute atomic E-state index is 12.9. The molecule has 0 radical (unpaired) electrons. The third-order valence-corrected chi connectivity index (χ3v) is 5.43. The minimum Gasteiger partial charge on any atom is -0.352 e. The Morgan fingerprint density at radius 2 is 2.12 bits per heavy atom. The Balaban J connectivity index is 1.68. The Labute approximate surface area is 149 Å². The van der Waals surface area contributed by atoms with Crippen molar-refractivity contribution in [1.82, 2.24) is 14.9 Å². The maximum Gasteiger partial charge on any atom is 0.257 e. The molecule has 1 aromatic carbocycles. The molecular formula is C18H20FN3O2S. The standard InChI is InChI=1S/C18H20FN3O2S/c1-3-15-11(2)21-18-22(17(15)24)14(10-25-18)8-16(23)20-9-12-4-6-13(19)7-5-12/h4-7,14H,3,8-10H2,1-2H3,(H,20,23). The first-order valence-electron chi connectivity index (χ1n) is 8.25. The summed E-state index contributed by atoms with van der Waals surface area (Å²) in [5, 5.41) is 3.52. The van der Waals surface area contributed by atoms with Gasteiger partial charge in [0.15, 0.2) is 5.16 Å². The number of carbonyl (C=O) groups is 1. The summed E-state index contributed by atoms with van der Waals surface area (Å²) >= 11 is 1.51. The van der Waals surface area contributed by atoms with Crippen LogP contribution in [0.1, 0.15) is 36.2 Å². The van der Waals surface area contributed by atoms with E-state index in [9.17, 15) is 14.0 Å². The first-order valence-corrected chi connectivity index (χ1v) is 9.24. The summed E-state index contributed by atoms with van der Waals surface area (Å²) in [5.74, 6) is 0.232. The summed E-state index contributed by atoms with van der Waals surface area (Å²) < 4.78 is 14.6. The molecule has 7 heteroatoms. The second-order valence-electron chi connectivity index (χ2n) is 6.06. The highest BCUT2D eigenvalue weighted by Gasteiger charge is 2.28. The van der Waals surface area contributed by atoms with Crippen molar-refractivity contribution in [2.45, 2.75) is 44.4 Å². The second kappa shape index (κ2) is 7.39. The highest BCUT2D eigenvalue weighted by molar-refractivity contribution is 7.99. The molecule has 1 aliphatic heterocycles. The monoisotopic (exact) mass is 361 g/mol. The Bertz CT molecular complexity index is 849. The SMILES string of the molecule is CCc1c(C)nc2n(c1=O)C(CC(=O)NCc1ccc(F)cc1)CS2. The highest BCUT2D eigenvalue weighted by Crippen LogP contribution is 2.32. The zero-order chi connectivity index (χ0) is 18.0. The number of hydrogen-bond acceptors (Lipinski definition) is 4. The van der Waals surface area contributed by atoms with E-state index in [0.29, 0.717) is 29.4 Å². The number of carbonyl (C=O) groups excluding carboxylic acids is 1. The molecule has 1 aromatic heterocycles. The van der Waals surface area contributed by atoms with E-state index >= 15 is 0 Å². The molecule has 0 fully saturated rings. The molecule has 0 spiro atoms. The van der Waals surface area contributed by atoms with Crippen LogP contribution in [0.25, 0.3) is 0 Å². The molecule has 0 saturated carbocycles. The summed E-state index contributed by atoms with van der Waals surface area (Å²) in [6.45, 7) is 4.13. The summed E-state index contributed by atoms with van der Waals surface area (Å²) in [7, 11) is 0.